The van der Waals surface area contributed by atoms with E-state index in [1.165, 1.54) is 23.6 Å². The Hall–Kier alpha value is -3.66. The van der Waals surface area contributed by atoms with Crippen LogP contribution in [0, 0.1) is 11.7 Å². The van der Waals surface area contributed by atoms with E-state index >= 15 is 0 Å². The second-order valence-corrected chi connectivity index (χ2v) is 10.9. The Balaban J connectivity index is 1.41. The van der Waals surface area contributed by atoms with Crippen LogP contribution in [-0.2, 0) is 22.6 Å². The van der Waals surface area contributed by atoms with Gasteiger partial charge in [-0.15, -0.1) is 0 Å². The third-order valence-corrected chi connectivity index (χ3v) is 8.07. The van der Waals surface area contributed by atoms with Gasteiger partial charge in [0.1, 0.15) is 23.8 Å². The molecule has 0 bridgehead atoms. The number of rotatable bonds is 6. The molecule has 2 aliphatic heterocycles. The Morgan fingerprint density at radius 2 is 1.67 bits per heavy atom. The number of urea groups is 1. The molecule has 2 aromatic rings. The van der Waals surface area contributed by atoms with Crippen LogP contribution < -0.4 is 5.32 Å². The minimum Gasteiger partial charge on any atom is -0.508 e. The van der Waals surface area contributed by atoms with E-state index in [-0.39, 0.29) is 55.5 Å². The maximum atomic E-state index is 13.9. The van der Waals surface area contributed by atoms with Gasteiger partial charge in [-0.1, -0.05) is 43.5 Å². The molecule has 2 atom stereocenters. The van der Waals surface area contributed by atoms with Gasteiger partial charge >= 0.3 is 6.03 Å². The summed E-state index contributed by atoms with van der Waals surface area (Å²) >= 11 is 0. The van der Waals surface area contributed by atoms with Gasteiger partial charge in [-0.25, -0.2) is 19.2 Å². The van der Waals surface area contributed by atoms with Gasteiger partial charge in [0, 0.05) is 26.6 Å². The number of halogens is 1. The van der Waals surface area contributed by atoms with Crippen molar-refractivity contribution in [3.63, 3.8) is 0 Å². The molecule has 208 valence electrons. The number of nitrogens with zero attached hydrogens (tertiary/aromatic N) is 4. The molecule has 9 nitrogen and oxygen atoms in total. The van der Waals surface area contributed by atoms with Gasteiger partial charge in [0.25, 0.3) is 0 Å². The summed E-state index contributed by atoms with van der Waals surface area (Å²) in [6.45, 7) is 1.01. The highest BCUT2D eigenvalue weighted by Crippen LogP contribution is 2.31. The Labute approximate surface area is 228 Å². The topological polar surface area (TPSA) is 96.4 Å². The van der Waals surface area contributed by atoms with Gasteiger partial charge in [-0.05, 0) is 54.2 Å². The zero-order chi connectivity index (χ0) is 27.5. The number of nitrogens with one attached hydrogen (secondary N) is 1. The SMILES string of the molecule is CN1CC(=O)N2[C@@H](Cc3ccc(O)cc3)C(=O)N(CC3CCCCC3)C[C@@H]2N1C(=O)NCc1ccc(F)cc1. The van der Waals surface area contributed by atoms with Crippen LogP contribution in [-0.4, -0.2) is 81.7 Å². The molecule has 0 aromatic heterocycles. The largest absolute Gasteiger partial charge is 0.508 e. The number of phenols is 1. The van der Waals surface area contributed by atoms with Crippen LogP contribution in [0.1, 0.15) is 43.2 Å². The first-order chi connectivity index (χ1) is 18.8. The van der Waals surface area contributed by atoms with Crippen molar-refractivity contribution >= 4 is 17.8 Å². The van der Waals surface area contributed by atoms with E-state index < -0.39 is 12.2 Å². The Morgan fingerprint density at radius 3 is 2.36 bits per heavy atom. The maximum Gasteiger partial charge on any atom is 0.334 e. The summed E-state index contributed by atoms with van der Waals surface area (Å²) in [4.78, 5) is 44.2. The van der Waals surface area contributed by atoms with Crippen molar-refractivity contribution in [3.05, 3.63) is 65.5 Å². The van der Waals surface area contributed by atoms with E-state index in [9.17, 15) is 23.9 Å². The third-order valence-electron chi connectivity index (χ3n) is 8.07. The highest BCUT2D eigenvalue weighted by atomic mass is 19.1. The molecule has 5 rings (SSSR count). The summed E-state index contributed by atoms with van der Waals surface area (Å²) in [6.07, 6.45) is 5.29. The predicted octanol–water partition coefficient (Wildman–Crippen LogP) is 3.09. The van der Waals surface area contributed by atoms with Gasteiger partial charge in [0.05, 0.1) is 13.1 Å². The normalized spacial score (nSPS) is 22.7. The maximum absolute atomic E-state index is 13.9. The number of likely N-dealkylation sites (N-methyl/N-ethyl adjacent to an activating group) is 1. The molecular weight excluding hydrogens is 501 g/mol. The summed E-state index contributed by atoms with van der Waals surface area (Å²) < 4.78 is 13.3. The standard InChI is InChI=1S/C29H36FN5O4/c1-32-19-27(37)34-25(15-20-9-13-24(36)14-10-20)28(38)33(17-22-5-3-2-4-6-22)18-26(34)35(32)29(39)31-16-21-7-11-23(30)12-8-21/h7-14,22,25-26,36H,2-6,15-19H2,1H3,(H,31,39)/t25-,26-/m0/s1. The highest BCUT2D eigenvalue weighted by Gasteiger charge is 2.50. The number of fused-ring (bicyclic) bond motifs is 1. The van der Waals surface area contributed by atoms with E-state index in [0.29, 0.717) is 12.5 Å². The lowest BCUT2D eigenvalue weighted by Crippen LogP contribution is -2.76. The molecule has 3 aliphatic rings. The van der Waals surface area contributed by atoms with Crippen LogP contribution >= 0.6 is 0 Å². The van der Waals surface area contributed by atoms with Crippen molar-refractivity contribution < 1.29 is 23.9 Å². The smallest absolute Gasteiger partial charge is 0.334 e. The number of carbonyl (C=O) groups excluding carboxylic acids is 3. The summed E-state index contributed by atoms with van der Waals surface area (Å²) in [7, 11) is 1.70. The average molecular weight is 538 g/mol. The number of carbonyl (C=O) groups is 3. The third kappa shape index (κ3) is 6.00. The number of phenolic OH excluding ortho intramolecular Hbond substituents is 1. The molecule has 2 saturated heterocycles. The first kappa shape index (κ1) is 26.9. The van der Waals surface area contributed by atoms with E-state index in [4.69, 9.17) is 0 Å². The average Bonchev–Trinajstić information content (AvgIpc) is 2.92. The fourth-order valence-electron chi connectivity index (χ4n) is 6.07. The molecule has 4 amide bonds. The fraction of sp³-hybridized carbons (Fsp3) is 0.483. The molecule has 0 unspecified atom stereocenters. The number of piperazine rings is 1. The van der Waals surface area contributed by atoms with Crippen LogP contribution in [0.3, 0.4) is 0 Å². The van der Waals surface area contributed by atoms with Crippen LogP contribution in [0.5, 0.6) is 5.75 Å². The first-order valence-corrected chi connectivity index (χ1v) is 13.7. The van der Waals surface area contributed by atoms with E-state index in [1.807, 2.05) is 4.90 Å². The van der Waals surface area contributed by atoms with Gasteiger partial charge in [-0.3, -0.25) is 9.59 Å². The predicted molar refractivity (Wildman–Crippen MR) is 142 cm³/mol. The number of benzene rings is 2. The number of hydrogen-bond donors (Lipinski definition) is 2. The van der Waals surface area contributed by atoms with Crippen LogP contribution in [0.25, 0.3) is 0 Å². The molecular formula is C29H36FN5O4. The number of aromatic hydroxyl groups is 1. The van der Waals surface area contributed by atoms with Crippen molar-refractivity contribution in [2.24, 2.45) is 5.92 Å². The van der Waals surface area contributed by atoms with Crippen molar-refractivity contribution in [2.75, 3.05) is 26.7 Å². The second kappa shape index (κ2) is 11.6. The number of hydrogen-bond acceptors (Lipinski definition) is 5. The lowest BCUT2D eigenvalue weighted by atomic mass is 9.88. The molecule has 2 heterocycles. The van der Waals surface area contributed by atoms with Gasteiger partial charge < -0.3 is 20.2 Å². The number of hydrazine groups is 1. The molecule has 1 saturated carbocycles. The lowest BCUT2D eigenvalue weighted by Gasteiger charge is -2.54. The van der Waals surface area contributed by atoms with Gasteiger partial charge in [-0.2, -0.15) is 0 Å². The van der Waals surface area contributed by atoms with Crippen molar-refractivity contribution in [3.8, 4) is 5.75 Å². The molecule has 0 radical (unpaired) electrons. The minimum absolute atomic E-state index is 0.0392. The quantitative estimate of drug-likeness (QED) is 0.591. The summed E-state index contributed by atoms with van der Waals surface area (Å²) in [5.41, 5.74) is 1.57. The number of amides is 4. The first-order valence-electron chi connectivity index (χ1n) is 13.7. The van der Waals surface area contributed by atoms with E-state index in [0.717, 1.165) is 36.8 Å². The van der Waals surface area contributed by atoms with Gasteiger partial charge in [0.2, 0.25) is 11.8 Å². The molecule has 1 aliphatic carbocycles. The summed E-state index contributed by atoms with van der Waals surface area (Å²) in [5, 5.41) is 15.8. The highest BCUT2D eigenvalue weighted by molar-refractivity contribution is 5.91. The van der Waals surface area contributed by atoms with E-state index in [1.54, 1.807) is 53.4 Å². The molecule has 0 spiro atoms. The Morgan fingerprint density at radius 1 is 1.00 bits per heavy atom. The van der Waals surface area contributed by atoms with Gasteiger partial charge in [0.15, 0.2) is 0 Å². The molecule has 39 heavy (non-hydrogen) atoms. The molecule has 2 N–H and O–H groups in total. The summed E-state index contributed by atoms with van der Waals surface area (Å²) in [5.74, 6) is -0.125. The molecule has 2 aromatic carbocycles. The molecule has 3 fully saturated rings. The van der Waals surface area contributed by atoms with Crippen molar-refractivity contribution in [2.45, 2.75) is 57.3 Å². The zero-order valence-corrected chi connectivity index (χ0v) is 22.3. The monoisotopic (exact) mass is 537 g/mol. The van der Waals surface area contributed by atoms with Crippen LogP contribution in [0.15, 0.2) is 48.5 Å². The Bertz CT molecular complexity index is 1190. The Kier molecular flexibility index (Phi) is 8.02. The van der Waals surface area contributed by atoms with Crippen molar-refractivity contribution in [1.29, 1.82) is 0 Å². The zero-order valence-electron chi connectivity index (χ0n) is 22.3. The fourth-order valence-corrected chi connectivity index (χ4v) is 6.07. The van der Waals surface area contributed by atoms with Crippen LogP contribution in [0.2, 0.25) is 0 Å². The van der Waals surface area contributed by atoms with E-state index in [2.05, 4.69) is 5.32 Å². The molecule has 10 heteroatoms. The summed E-state index contributed by atoms with van der Waals surface area (Å²) in [6, 6.07) is 11.4. The minimum atomic E-state index is -0.759. The van der Waals surface area contributed by atoms with Crippen LogP contribution in [0.4, 0.5) is 9.18 Å². The second-order valence-electron chi connectivity index (χ2n) is 10.9. The van der Waals surface area contributed by atoms with Crippen molar-refractivity contribution in [1.82, 2.24) is 25.1 Å². The lowest BCUT2D eigenvalue weighted by molar-refractivity contribution is -0.187.